The van der Waals surface area contributed by atoms with Crippen LogP contribution >= 0.6 is 0 Å². The van der Waals surface area contributed by atoms with Crippen molar-refractivity contribution < 1.29 is 27.6 Å². The number of hydrogen-bond acceptors (Lipinski definition) is 8. The van der Waals surface area contributed by atoms with Crippen LogP contribution in [-0.4, -0.2) is 55.3 Å². The minimum atomic E-state index is -4.18. The van der Waals surface area contributed by atoms with Crippen LogP contribution in [0, 0.1) is 17.0 Å². The molecule has 0 radical (unpaired) electrons. The molecule has 0 bridgehead atoms. The first-order valence-electron chi connectivity index (χ1n) is 10.8. The predicted molar refractivity (Wildman–Crippen MR) is 125 cm³/mol. The summed E-state index contributed by atoms with van der Waals surface area (Å²) in [5.74, 6) is -0.366. The van der Waals surface area contributed by atoms with Crippen molar-refractivity contribution in [2.45, 2.75) is 58.0 Å². The largest absolute Gasteiger partial charge is 0.438 e. The smallest absolute Gasteiger partial charge is 0.272 e. The molecule has 34 heavy (non-hydrogen) atoms. The van der Waals surface area contributed by atoms with E-state index in [2.05, 4.69) is 15.1 Å². The molecule has 1 atom stereocenters. The summed E-state index contributed by atoms with van der Waals surface area (Å²) in [6, 6.07) is 2.98. The number of ether oxygens (including phenoxy) is 2. The van der Waals surface area contributed by atoms with Crippen LogP contribution in [0.2, 0.25) is 0 Å². The predicted octanol–water partition coefficient (Wildman–Crippen LogP) is 2.93. The van der Waals surface area contributed by atoms with Gasteiger partial charge in [0.15, 0.2) is 5.69 Å². The molecule has 0 unspecified atom stereocenters. The Hall–Kier alpha value is -3.03. The highest BCUT2D eigenvalue weighted by Gasteiger charge is 2.28. The molecule has 0 aliphatic rings. The summed E-state index contributed by atoms with van der Waals surface area (Å²) < 4.78 is 40.4. The molecule has 1 aromatic heterocycles. The lowest BCUT2D eigenvalue weighted by Gasteiger charge is -2.15. The number of nitro groups is 1. The van der Waals surface area contributed by atoms with E-state index in [1.165, 1.54) is 17.9 Å². The molecular formula is C21H31N5O7S. The second-order valence-electron chi connectivity index (χ2n) is 7.98. The lowest BCUT2D eigenvalue weighted by Crippen LogP contribution is -2.32. The molecule has 0 aliphatic heterocycles. The zero-order chi connectivity index (χ0) is 25.6. The van der Waals surface area contributed by atoms with Crippen LogP contribution in [0.4, 0.5) is 5.69 Å². The van der Waals surface area contributed by atoms with Crippen molar-refractivity contribution in [1.82, 2.24) is 19.8 Å². The quantitative estimate of drug-likeness (QED) is 0.258. The number of aromatic nitrogens is 2. The van der Waals surface area contributed by atoms with E-state index in [1.807, 2.05) is 27.7 Å². The Labute approximate surface area is 198 Å². The average Bonchev–Trinajstić information content (AvgIpc) is 3.10. The molecule has 2 aromatic rings. The highest BCUT2D eigenvalue weighted by molar-refractivity contribution is 7.89. The van der Waals surface area contributed by atoms with E-state index < -0.39 is 25.5 Å². The van der Waals surface area contributed by atoms with E-state index in [0.29, 0.717) is 5.56 Å². The molecule has 1 amide bonds. The Morgan fingerprint density at radius 2 is 1.97 bits per heavy atom. The molecule has 188 valence electrons. The van der Waals surface area contributed by atoms with E-state index in [-0.39, 0.29) is 48.5 Å². The SMILES string of the molecule is CC[C@@H](C)NC(=O)c1nn(C(C)C)c(Oc2ccc([N+](=O)[O-])cc2S(=O)(=O)NCCOC)c1C. The maximum absolute atomic E-state index is 12.9. The fourth-order valence-electron chi connectivity index (χ4n) is 2.95. The number of carbonyl (C=O) groups is 1. The molecule has 12 nitrogen and oxygen atoms in total. The number of hydrogen-bond donors (Lipinski definition) is 2. The molecule has 0 saturated carbocycles. The molecule has 0 fully saturated rings. The number of benzene rings is 1. The Bertz CT molecular complexity index is 1140. The molecule has 13 heteroatoms. The lowest BCUT2D eigenvalue weighted by atomic mass is 10.2. The van der Waals surface area contributed by atoms with Gasteiger partial charge in [-0.25, -0.2) is 17.8 Å². The number of carbonyl (C=O) groups excluding carboxylic acids is 1. The van der Waals surface area contributed by atoms with Crippen LogP contribution in [0.15, 0.2) is 23.1 Å². The summed E-state index contributed by atoms with van der Waals surface area (Å²) in [6.45, 7) is 9.18. The van der Waals surface area contributed by atoms with Gasteiger partial charge in [-0.15, -0.1) is 0 Å². The third-order valence-corrected chi connectivity index (χ3v) is 6.50. The minimum Gasteiger partial charge on any atom is -0.438 e. The van der Waals surface area contributed by atoms with E-state index in [9.17, 15) is 23.3 Å². The maximum atomic E-state index is 12.9. The summed E-state index contributed by atoms with van der Waals surface area (Å²) in [5.41, 5.74) is 0.138. The Morgan fingerprint density at radius 1 is 1.29 bits per heavy atom. The van der Waals surface area contributed by atoms with Crippen molar-refractivity contribution in [1.29, 1.82) is 0 Å². The third kappa shape index (κ3) is 6.30. The lowest BCUT2D eigenvalue weighted by molar-refractivity contribution is -0.385. The number of sulfonamides is 1. The number of rotatable bonds is 12. The van der Waals surface area contributed by atoms with Crippen molar-refractivity contribution in [2.24, 2.45) is 0 Å². The van der Waals surface area contributed by atoms with Crippen molar-refractivity contribution in [3.8, 4) is 11.6 Å². The number of nitrogens with one attached hydrogen (secondary N) is 2. The van der Waals surface area contributed by atoms with Gasteiger partial charge in [0.25, 0.3) is 11.6 Å². The number of methoxy groups -OCH3 is 1. The van der Waals surface area contributed by atoms with E-state index in [1.54, 1.807) is 6.92 Å². The molecule has 0 aliphatic carbocycles. The maximum Gasteiger partial charge on any atom is 0.272 e. The van der Waals surface area contributed by atoms with Gasteiger partial charge in [0, 0.05) is 37.4 Å². The zero-order valence-electron chi connectivity index (χ0n) is 20.1. The van der Waals surface area contributed by atoms with Crippen LogP contribution in [0.3, 0.4) is 0 Å². The van der Waals surface area contributed by atoms with Crippen LogP contribution < -0.4 is 14.8 Å². The zero-order valence-corrected chi connectivity index (χ0v) is 20.9. The van der Waals surface area contributed by atoms with Gasteiger partial charge in [0.05, 0.1) is 17.6 Å². The Kier molecular flexibility index (Phi) is 9.13. The molecule has 0 spiro atoms. The van der Waals surface area contributed by atoms with Crippen LogP contribution in [0.25, 0.3) is 0 Å². The highest BCUT2D eigenvalue weighted by atomic mass is 32.2. The van der Waals surface area contributed by atoms with E-state index in [4.69, 9.17) is 9.47 Å². The second kappa shape index (κ2) is 11.4. The van der Waals surface area contributed by atoms with Gasteiger partial charge >= 0.3 is 0 Å². The monoisotopic (exact) mass is 497 g/mol. The number of non-ortho nitro benzene ring substituents is 1. The first kappa shape index (κ1) is 27.2. The Morgan fingerprint density at radius 3 is 2.53 bits per heavy atom. The number of nitro benzene ring substituents is 1. The van der Waals surface area contributed by atoms with Gasteiger partial charge in [0.1, 0.15) is 10.6 Å². The first-order chi connectivity index (χ1) is 15.9. The van der Waals surface area contributed by atoms with Gasteiger partial charge in [0.2, 0.25) is 15.9 Å². The number of amides is 1. The van der Waals surface area contributed by atoms with Crippen molar-refractivity contribution in [2.75, 3.05) is 20.3 Å². The molecule has 0 saturated heterocycles. The van der Waals surface area contributed by atoms with Gasteiger partial charge < -0.3 is 14.8 Å². The van der Waals surface area contributed by atoms with E-state index >= 15 is 0 Å². The van der Waals surface area contributed by atoms with Gasteiger partial charge in [-0.05, 0) is 40.2 Å². The minimum absolute atomic E-state index is 0.0378. The van der Waals surface area contributed by atoms with Gasteiger partial charge in [-0.1, -0.05) is 6.92 Å². The highest BCUT2D eigenvalue weighted by Crippen LogP contribution is 2.35. The summed E-state index contributed by atoms with van der Waals surface area (Å²) in [6.07, 6.45) is 0.735. The summed E-state index contributed by atoms with van der Waals surface area (Å²) in [4.78, 5) is 22.9. The van der Waals surface area contributed by atoms with E-state index in [0.717, 1.165) is 18.6 Å². The van der Waals surface area contributed by atoms with Crippen LogP contribution in [-0.2, 0) is 14.8 Å². The van der Waals surface area contributed by atoms with Crippen molar-refractivity contribution in [3.63, 3.8) is 0 Å². The molecular weight excluding hydrogens is 466 g/mol. The molecule has 2 N–H and O–H groups in total. The topological polar surface area (TPSA) is 155 Å². The van der Waals surface area contributed by atoms with Crippen LogP contribution in [0.1, 0.15) is 56.2 Å². The molecule has 1 heterocycles. The van der Waals surface area contributed by atoms with Crippen LogP contribution in [0.5, 0.6) is 11.6 Å². The molecule has 2 rings (SSSR count). The van der Waals surface area contributed by atoms with Crippen molar-refractivity contribution >= 4 is 21.6 Å². The fraction of sp³-hybridized carbons (Fsp3) is 0.524. The summed E-state index contributed by atoms with van der Waals surface area (Å²) in [5, 5.41) is 18.5. The molecule has 1 aromatic carbocycles. The Balaban J connectivity index is 2.57. The summed E-state index contributed by atoms with van der Waals surface area (Å²) in [7, 11) is -2.76. The van der Waals surface area contributed by atoms with Crippen molar-refractivity contribution in [3.05, 3.63) is 39.6 Å². The third-order valence-electron chi connectivity index (χ3n) is 5.02. The normalized spacial score (nSPS) is 12.6. The second-order valence-corrected chi connectivity index (χ2v) is 9.72. The number of nitrogens with zero attached hydrogens (tertiary/aromatic N) is 3. The van der Waals surface area contributed by atoms with Gasteiger partial charge in [-0.3, -0.25) is 14.9 Å². The average molecular weight is 498 g/mol. The van der Waals surface area contributed by atoms with Gasteiger partial charge in [-0.2, -0.15) is 5.10 Å². The fourth-order valence-corrected chi connectivity index (χ4v) is 4.11. The standard InChI is InChI=1S/C21H31N5O7S/c1-7-14(4)23-20(27)19-15(5)21(25(24-19)13(2)3)33-17-9-8-16(26(28)29)12-18(17)34(30,31)22-10-11-32-6/h8-9,12-14,22H,7,10-11H2,1-6H3,(H,23,27)/t14-/m1/s1. The summed E-state index contributed by atoms with van der Waals surface area (Å²) >= 11 is 0. The first-order valence-corrected chi connectivity index (χ1v) is 12.3.